The summed E-state index contributed by atoms with van der Waals surface area (Å²) >= 11 is 0. The molecule has 6 heteroatoms. The number of carboxylic acid groups (broad SMARTS) is 1. The van der Waals surface area contributed by atoms with Crippen molar-refractivity contribution in [3.05, 3.63) is 29.8 Å². The van der Waals surface area contributed by atoms with Crippen LogP contribution in [0.1, 0.15) is 37.6 Å². The van der Waals surface area contributed by atoms with E-state index < -0.39 is 17.9 Å². The molecule has 0 aliphatic rings. The molecule has 0 radical (unpaired) electrons. The van der Waals surface area contributed by atoms with Gasteiger partial charge in [0.1, 0.15) is 6.04 Å². The van der Waals surface area contributed by atoms with E-state index in [2.05, 4.69) is 10.6 Å². The number of rotatable bonds is 6. The minimum atomic E-state index is -1.06. The normalized spacial score (nSPS) is 11.8. The van der Waals surface area contributed by atoms with Crippen LogP contribution in [0.25, 0.3) is 0 Å². The summed E-state index contributed by atoms with van der Waals surface area (Å²) in [7, 11) is 0. The zero-order chi connectivity index (χ0) is 16.0. The molecule has 1 aromatic rings. The lowest BCUT2D eigenvalue weighted by atomic mass is 10.0. The summed E-state index contributed by atoms with van der Waals surface area (Å²) in [5.74, 6) is -1.63. The zero-order valence-corrected chi connectivity index (χ0v) is 12.3. The highest BCUT2D eigenvalue weighted by molar-refractivity contribution is 5.98. The van der Waals surface area contributed by atoms with E-state index in [0.29, 0.717) is 17.7 Å². The number of hydrogen-bond acceptors (Lipinski definition) is 3. The highest BCUT2D eigenvalue weighted by atomic mass is 16.4. The maximum atomic E-state index is 12.1. The first-order valence-electron chi connectivity index (χ1n) is 6.71. The van der Waals surface area contributed by atoms with Crippen molar-refractivity contribution < 1.29 is 19.5 Å². The van der Waals surface area contributed by atoms with Crippen molar-refractivity contribution in [1.29, 1.82) is 0 Å². The van der Waals surface area contributed by atoms with Crippen LogP contribution in [0, 0.1) is 5.92 Å². The number of carbonyl (C=O) groups excluding carboxylic acids is 2. The molecule has 0 aliphatic carbocycles. The summed E-state index contributed by atoms with van der Waals surface area (Å²) in [6.07, 6.45) is 0.354. The molecule has 1 aromatic carbocycles. The summed E-state index contributed by atoms with van der Waals surface area (Å²) in [5, 5.41) is 14.2. The van der Waals surface area contributed by atoms with Crippen molar-refractivity contribution in [2.45, 2.75) is 33.2 Å². The van der Waals surface area contributed by atoms with E-state index >= 15 is 0 Å². The first-order valence-corrected chi connectivity index (χ1v) is 6.71. The predicted octanol–water partition coefficient (Wildman–Crippen LogP) is 1.87. The van der Waals surface area contributed by atoms with E-state index in [-0.39, 0.29) is 11.8 Å². The molecule has 0 aromatic heterocycles. The number of aliphatic carboxylic acids is 1. The lowest BCUT2D eigenvalue weighted by Crippen LogP contribution is -2.41. The maximum absolute atomic E-state index is 12.1. The third-order valence-electron chi connectivity index (χ3n) is 2.76. The minimum absolute atomic E-state index is 0.150. The quantitative estimate of drug-likeness (QED) is 0.746. The van der Waals surface area contributed by atoms with Gasteiger partial charge in [-0.3, -0.25) is 9.59 Å². The average molecular weight is 292 g/mol. The average Bonchev–Trinajstić information content (AvgIpc) is 2.36. The van der Waals surface area contributed by atoms with Gasteiger partial charge in [0.2, 0.25) is 5.91 Å². The number of nitrogens with one attached hydrogen (secondary N) is 2. The van der Waals surface area contributed by atoms with Crippen molar-refractivity contribution in [2.75, 3.05) is 5.32 Å². The van der Waals surface area contributed by atoms with Crippen LogP contribution in [0.15, 0.2) is 24.3 Å². The fourth-order valence-corrected chi connectivity index (χ4v) is 1.88. The molecule has 0 spiro atoms. The van der Waals surface area contributed by atoms with Crippen molar-refractivity contribution >= 4 is 23.5 Å². The molecule has 0 bridgehead atoms. The number of carbonyl (C=O) groups is 3. The van der Waals surface area contributed by atoms with Crippen molar-refractivity contribution in [3.8, 4) is 0 Å². The number of carboxylic acids is 1. The molecule has 0 aliphatic heterocycles. The second kappa shape index (κ2) is 7.42. The van der Waals surface area contributed by atoms with E-state index in [1.165, 1.54) is 13.0 Å². The first kappa shape index (κ1) is 16.7. The highest BCUT2D eigenvalue weighted by Gasteiger charge is 2.21. The Morgan fingerprint density at radius 1 is 1.24 bits per heavy atom. The fourth-order valence-electron chi connectivity index (χ4n) is 1.88. The third kappa shape index (κ3) is 5.64. The molecule has 2 amide bonds. The largest absolute Gasteiger partial charge is 0.480 e. The number of anilines is 1. The van der Waals surface area contributed by atoms with Gasteiger partial charge in [-0.25, -0.2) is 4.79 Å². The molecule has 1 rings (SSSR count). The summed E-state index contributed by atoms with van der Waals surface area (Å²) in [6.45, 7) is 5.15. The molecule has 0 saturated heterocycles. The van der Waals surface area contributed by atoms with Crippen LogP contribution >= 0.6 is 0 Å². The van der Waals surface area contributed by atoms with Crippen molar-refractivity contribution in [3.63, 3.8) is 0 Å². The molecule has 0 unspecified atom stereocenters. The standard InChI is InChI=1S/C15H20N2O4/c1-9(2)7-13(15(20)21)17-14(19)11-5-4-6-12(8-11)16-10(3)18/h4-6,8-9,13H,7H2,1-3H3,(H,16,18)(H,17,19)(H,20,21)/t13-/m0/s1. The Hall–Kier alpha value is -2.37. The van der Waals surface area contributed by atoms with E-state index in [0.717, 1.165) is 0 Å². The van der Waals surface area contributed by atoms with Gasteiger partial charge in [-0.2, -0.15) is 0 Å². The van der Waals surface area contributed by atoms with Gasteiger partial charge >= 0.3 is 5.97 Å². The SMILES string of the molecule is CC(=O)Nc1cccc(C(=O)N[C@@H](CC(C)C)C(=O)O)c1. The molecule has 0 saturated carbocycles. The van der Waals surface area contributed by atoms with Gasteiger partial charge < -0.3 is 15.7 Å². The Morgan fingerprint density at radius 3 is 2.43 bits per heavy atom. The summed E-state index contributed by atoms with van der Waals surface area (Å²) < 4.78 is 0. The van der Waals surface area contributed by atoms with Gasteiger partial charge in [0.05, 0.1) is 0 Å². The van der Waals surface area contributed by atoms with Crippen LogP contribution in [0.4, 0.5) is 5.69 Å². The van der Waals surface area contributed by atoms with E-state index in [4.69, 9.17) is 5.11 Å². The van der Waals surface area contributed by atoms with Crippen LogP contribution < -0.4 is 10.6 Å². The molecule has 114 valence electrons. The second-order valence-electron chi connectivity index (χ2n) is 5.26. The Balaban J connectivity index is 2.82. The molecule has 3 N–H and O–H groups in total. The van der Waals surface area contributed by atoms with Crippen molar-refractivity contribution in [1.82, 2.24) is 5.32 Å². The van der Waals surface area contributed by atoms with Gasteiger partial charge in [0.15, 0.2) is 0 Å². The van der Waals surface area contributed by atoms with Crippen LogP contribution in [-0.4, -0.2) is 28.9 Å². The van der Waals surface area contributed by atoms with Crippen LogP contribution in [0.3, 0.4) is 0 Å². The monoisotopic (exact) mass is 292 g/mol. The maximum Gasteiger partial charge on any atom is 0.326 e. The molecule has 21 heavy (non-hydrogen) atoms. The number of hydrogen-bond donors (Lipinski definition) is 3. The topological polar surface area (TPSA) is 95.5 Å². The highest BCUT2D eigenvalue weighted by Crippen LogP contribution is 2.12. The lowest BCUT2D eigenvalue weighted by Gasteiger charge is -2.16. The van der Waals surface area contributed by atoms with Crippen LogP contribution in [0.5, 0.6) is 0 Å². The van der Waals surface area contributed by atoms with Crippen LogP contribution in [-0.2, 0) is 9.59 Å². The van der Waals surface area contributed by atoms with Gasteiger partial charge in [0.25, 0.3) is 5.91 Å². The lowest BCUT2D eigenvalue weighted by molar-refractivity contribution is -0.139. The molecular formula is C15H20N2O4. The van der Waals surface area contributed by atoms with Gasteiger partial charge in [-0.1, -0.05) is 19.9 Å². The zero-order valence-electron chi connectivity index (χ0n) is 12.3. The molecule has 0 heterocycles. The molecule has 1 atom stereocenters. The predicted molar refractivity (Wildman–Crippen MR) is 79.1 cm³/mol. The summed E-state index contributed by atoms with van der Waals surface area (Å²) in [4.78, 5) is 34.2. The molecular weight excluding hydrogens is 272 g/mol. The fraction of sp³-hybridized carbons (Fsp3) is 0.400. The Kier molecular flexibility index (Phi) is 5.90. The summed E-state index contributed by atoms with van der Waals surface area (Å²) in [6, 6.07) is 5.42. The van der Waals surface area contributed by atoms with Crippen LogP contribution in [0.2, 0.25) is 0 Å². The van der Waals surface area contributed by atoms with Gasteiger partial charge in [-0.05, 0) is 30.5 Å². The van der Waals surface area contributed by atoms with E-state index in [9.17, 15) is 14.4 Å². The Bertz CT molecular complexity index is 540. The number of amides is 2. The van der Waals surface area contributed by atoms with E-state index in [1.807, 2.05) is 13.8 Å². The molecule has 0 fully saturated rings. The van der Waals surface area contributed by atoms with E-state index in [1.54, 1.807) is 18.2 Å². The smallest absolute Gasteiger partial charge is 0.326 e. The summed E-state index contributed by atoms with van der Waals surface area (Å²) in [5.41, 5.74) is 0.794. The second-order valence-corrected chi connectivity index (χ2v) is 5.26. The van der Waals surface area contributed by atoms with Gasteiger partial charge in [0, 0.05) is 18.2 Å². The molecule has 6 nitrogen and oxygen atoms in total. The van der Waals surface area contributed by atoms with Gasteiger partial charge in [-0.15, -0.1) is 0 Å². The Morgan fingerprint density at radius 2 is 1.90 bits per heavy atom. The minimum Gasteiger partial charge on any atom is -0.480 e. The first-order chi connectivity index (χ1) is 9.79. The Labute approximate surface area is 123 Å². The number of benzene rings is 1. The van der Waals surface area contributed by atoms with Crippen molar-refractivity contribution in [2.24, 2.45) is 5.92 Å². The third-order valence-corrected chi connectivity index (χ3v) is 2.76.